The Kier molecular flexibility index (Phi) is 6.86. The number of carbonyl (C=O) groups excluding carboxylic acids is 1. The maximum atomic E-state index is 12.3. The first-order chi connectivity index (χ1) is 11.0. The lowest BCUT2D eigenvalue weighted by molar-refractivity contribution is -0.120. The molecule has 0 saturated heterocycles. The summed E-state index contributed by atoms with van der Waals surface area (Å²) in [5.41, 5.74) is 6.76. The lowest BCUT2D eigenvalue weighted by atomic mass is 9.85. The van der Waals surface area contributed by atoms with Crippen molar-refractivity contribution in [1.82, 2.24) is 4.90 Å². The van der Waals surface area contributed by atoms with Crippen molar-refractivity contribution >= 4 is 11.6 Å². The molecular formula is C18H29N3O2. The number of hydrogen-bond donors (Lipinski definition) is 2. The van der Waals surface area contributed by atoms with E-state index >= 15 is 0 Å². The second-order valence-electron chi connectivity index (χ2n) is 6.65. The number of nitrogens with two attached hydrogens (primary N) is 1. The zero-order valence-electron chi connectivity index (χ0n) is 14.3. The van der Waals surface area contributed by atoms with Gasteiger partial charge in [0.2, 0.25) is 5.91 Å². The van der Waals surface area contributed by atoms with E-state index in [4.69, 9.17) is 10.5 Å². The van der Waals surface area contributed by atoms with Gasteiger partial charge in [-0.1, -0.05) is 12.5 Å². The van der Waals surface area contributed by atoms with Crippen LogP contribution in [0.1, 0.15) is 32.1 Å². The van der Waals surface area contributed by atoms with E-state index in [-0.39, 0.29) is 17.9 Å². The molecule has 2 atom stereocenters. The van der Waals surface area contributed by atoms with Crippen molar-refractivity contribution in [2.24, 2.45) is 11.7 Å². The molecule has 5 nitrogen and oxygen atoms in total. The highest BCUT2D eigenvalue weighted by atomic mass is 16.5. The standard InChI is InChI=1S/C18H29N3O2/c1-21(2)10-5-11-23-17-9-4-8-16(13-17)20-18(22)14-6-3-7-15(19)12-14/h4,8-9,13-15H,3,5-7,10-12,19H2,1-2H3,(H,20,22). The van der Waals surface area contributed by atoms with Gasteiger partial charge in [0.05, 0.1) is 6.61 Å². The average Bonchev–Trinajstić information content (AvgIpc) is 2.52. The predicted octanol–water partition coefficient (Wildman–Crippen LogP) is 2.47. The largest absolute Gasteiger partial charge is 0.493 e. The van der Waals surface area contributed by atoms with Gasteiger partial charge in [0.25, 0.3) is 0 Å². The van der Waals surface area contributed by atoms with E-state index in [1.807, 2.05) is 38.4 Å². The van der Waals surface area contributed by atoms with E-state index in [9.17, 15) is 4.79 Å². The van der Waals surface area contributed by atoms with E-state index in [1.165, 1.54) is 0 Å². The summed E-state index contributed by atoms with van der Waals surface area (Å²) in [6, 6.07) is 7.76. The van der Waals surface area contributed by atoms with Crippen molar-refractivity contribution in [2.75, 3.05) is 32.6 Å². The quantitative estimate of drug-likeness (QED) is 0.758. The van der Waals surface area contributed by atoms with Gasteiger partial charge in [0, 0.05) is 30.3 Å². The van der Waals surface area contributed by atoms with Crippen LogP contribution in [0.3, 0.4) is 0 Å². The molecule has 0 aliphatic heterocycles. The zero-order chi connectivity index (χ0) is 16.7. The number of carbonyl (C=O) groups is 1. The molecule has 2 rings (SSSR count). The summed E-state index contributed by atoms with van der Waals surface area (Å²) in [5, 5.41) is 3.00. The first-order valence-electron chi connectivity index (χ1n) is 8.48. The SMILES string of the molecule is CN(C)CCCOc1cccc(NC(=O)C2CCCC(N)C2)c1. The highest BCUT2D eigenvalue weighted by Gasteiger charge is 2.25. The molecule has 5 heteroatoms. The van der Waals surface area contributed by atoms with E-state index in [2.05, 4.69) is 10.2 Å². The number of rotatable bonds is 7. The van der Waals surface area contributed by atoms with Gasteiger partial charge in [-0.25, -0.2) is 0 Å². The molecule has 0 radical (unpaired) electrons. The molecule has 0 spiro atoms. The van der Waals surface area contributed by atoms with Crippen LogP contribution in [0.25, 0.3) is 0 Å². The fourth-order valence-corrected chi connectivity index (χ4v) is 2.94. The van der Waals surface area contributed by atoms with Gasteiger partial charge in [-0.2, -0.15) is 0 Å². The Balaban J connectivity index is 1.83. The number of anilines is 1. The van der Waals surface area contributed by atoms with Crippen LogP contribution in [0.4, 0.5) is 5.69 Å². The molecule has 1 aliphatic rings. The summed E-state index contributed by atoms with van der Waals surface area (Å²) in [6.07, 6.45) is 4.75. The maximum Gasteiger partial charge on any atom is 0.227 e. The van der Waals surface area contributed by atoms with Crippen LogP contribution in [0, 0.1) is 5.92 Å². The zero-order valence-corrected chi connectivity index (χ0v) is 14.3. The first-order valence-corrected chi connectivity index (χ1v) is 8.48. The minimum absolute atomic E-state index is 0.0309. The fourth-order valence-electron chi connectivity index (χ4n) is 2.94. The number of nitrogens with zero attached hydrogens (tertiary/aromatic N) is 1. The van der Waals surface area contributed by atoms with Gasteiger partial charge >= 0.3 is 0 Å². The highest BCUT2D eigenvalue weighted by molar-refractivity contribution is 5.92. The third kappa shape index (κ3) is 6.20. The van der Waals surface area contributed by atoms with Gasteiger partial charge in [-0.05, 0) is 51.9 Å². The Hall–Kier alpha value is -1.59. The van der Waals surface area contributed by atoms with Crippen molar-refractivity contribution in [1.29, 1.82) is 0 Å². The molecule has 3 N–H and O–H groups in total. The third-order valence-corrected chi connectivity index (χ3v) is 4.21. The Morgan fingerprint density at radius 3 is 2.96 bits per heavy atom. The lowest BCUT2D eigenvalue weighted by Gasteiger charge is -2.25. The summed E-state index contributed by atoms with van der Waals surface area (Å²) in [4.78, 5) is 14.5. The van der Waals surface area contributed by atoms with Gasteiger partial charge in [0.15, 0.2) is 0 Å². The van der Waals surface area contributed by atoms with Crippen molar-refractivity contribution in [2.45, 2.75) is 38.1 Å². The smallest absolute Gasteiger partial charge is 0.227 e. The van der Waals surface area contributed by atoms with E-state index in [0.717, 1.165) is 50.1 Å². The maximum absolute atomic E-state index is 12.3. The summed E-state index contributed by atoms with van der Waals surface area (Å²) in [7, 11) is 4.10. The molecule has 1 amide bonds. The summed E-state index contributed by atoms with van der Waals surface area (Å²) in [6.45, 7) is 1.67. The second kappa shape index (κ2) is 8.89. The number of amides is 1. The lowest BCUT2D eigenvalue weighted by Crippen LogP contribution is -2.34. The van der Waals surface area contributed by atoms with Crippen LogP contribution in [0.5, 0.6) is 5.75 Å². The molecule has 1 aliphatic carbocycles. The molecule has 1 fully saturated rings. The van der Waals surface area contributed by atoms with Crippen molar-refractivity contribution in [3.8, 4) is 5.75 Å². The molecule has 1 aromatic carbocycles. The van der Waals surface area contributed by atoms with Gasteiger partial charge in [-0.15, -0.1) is 0 Å². The number of ether oxygens (including phenoxy) is 1. The minimum Gasteiger partial charge on any atom is -0.493 e. The Bertz CT molecular complexity index is 505. The first kappa shape index (κ1) is 17.8. The van der Waals surface area contributed by atoms with Crippen LogP contribution < -0.4 is 15.8 Å². The Labute approximate surface area is 139 Å². The second-order valence-corrected chi connectivity index (χ2v) is 6.65. The van der Waals surface area contributed by atoms with Gasteiger partial charge in [-0.3, -0.25) is 4.79 Å². The van der Waals surface area contributed by atoms with Crippen molar-refractivity contribution < 1.29 is 9.53 Å². The van der Waals surface area contributed by atoms with Crippen LogP contribution in [-0.4, -0.2) is 44.1 Å². The van der Waals surface area contributed by atoms with Crippen molar-refractivity contribution in [3.63, 3.8) is 0 Å². The summed E-state index contributed by atoms with van der Waals surface area (Å²) in [5.74, 6) is 0.898. The third-order valence-electron chi connectivity index (χ3n) is 4.21. The molecule has 23 heavy (non-hydrogen) atoms. The number of nitrogens with one attached hydrogen (secondary N) is 1. The van der Waals surface area contributed by atoms with Crippen LogP contribution in [0.2, 0.25) is 0 Å². The topological polar surface area (TPSA) is 67.6 Å². The number of hydrogen-bond acceptors (Lipinski definition) is 4. The van der Waals surface area contributed by atoms with E-state index in [1.54, 1.807) is 0 Å². The highest BCUT2D eigenvalue weighted by Crippen LogP contribution is 2.25. The summed E-state index contributed by atoms with van der Waals surface area (Å²) < 4.78 is 5.74. The van der Waals surface area contributed by atoms with Crippen molar-refractivity contribution in [3.05, 3.63) is 24.3 Å². The van der Waals surface area contributed by atoms with Crippen LogP contribution in [0.15, 0.2) is 24.3 Å². The normalized spacial score (nSPS) is 21.2. The molecule has 0 bridgehead atoms. The Morgan fingerprint density at radius 1 is 1.39 bits per heavy atom. The average molecular weight is 319 g/mol. The predicted molar refractivity (Wildman–Crippen MR) is 93.7 cm³/mol. The van der Waals surface area contributed by atoms with Crippen LogP contribution >= 0.6 is 0 Å². The minimum atomic E-state index is 0.0309. The molecule has 0 aromatic heterocycles. The molecule has 0 heterocycles. The van der Waals surface area contributed by atoms with E-state index in [0.29, 0.717) is 6.61 Å². The molecule has 1 aromatic rings. The van der Waals surface area contributed by atoms with Gasteiger partial charge < -0.3 is 20.7 Å². The molecular weight excluding hydrogens is 290 g/mol. The molecule has 2 unspecified atom stereocenters. The van der Waals surface area contributed by atoms with Gasteiger partial charge in [0.1, 0.15) is 5.75 Å². The monoisotopic (exact) mass is 319 g/mol. The number of benzene rings is 1. The van der Waals surface area contributed by atoms with E-state index < -0.39 is 0 Å². The van der Waals surface area contributed by atoms with Crippen LogP contribution in [-0.2, 0) is 4.79 Å². The molecule has 1 saturated carbocycles. The molecule has 128 valence electrons. The summed E-state index contributed by atoms with van der Waals surface area (Å²) >= 11 is 0. The fraction of sp³-hybridized carbons (Fsp3) is 0.611. The Morgan fingerprint density at radius 2 is 2.22 bits per heavy atom.